The van der Waals surface area contributed by atoms with E-state index in [1.807, 2.05) is 18.2 Å². The highest BCUT2D eigenvalue weighted by Crippen LogP contribution is 2.31. The zero-order valence-electron chi connectivity index (χ0n) is 20.1. The Kier molecular flexibility index (Phi) is 7.99. The molecule has 2 N–H and O–H groups in total. The molecule has 3 aromatic carbocycles. The summed E-state index contributed by atoms with van der Waals surface area (Å²) in [6, 6.07) is 19.1. The molecule has 1 fully saturated rings. The van der Waals surface area contributed by atoms with Gasteiger partial charge in [-0.15, -0.1) is 0 Å². The number of carboxylic acid groups (broad SMARTS) is 1. The number of likely N-dealkylation sites (tertiary alicyclic amines) is 1. The average Bonchev–Trinajstić information content (AvgIpc) is 3.32. The van der Waals surface area contributed by atoms with Crippen LogP contribution >= 0.6 is 0 Å². The minimum atomic E-state index is -4.44. The lowest BCUT2D eigenvalue weighted by Gasteiger charge is -2.21. The monoisotopic (exact) mass is 526 g/mol. The number of ether oxygens (including phenoxy) is 1. The molecule has 0 radical (unpaired) electrons. The van der Waals surface area contributed by atoms with Gasteiger partial charge in [-0.3, -0.25) is 9.59 Å². The van der Waals surface area contributed by atoms with Crippen LogP contribution in [0, 0.1) is 5.92 Å². The van der Waals surface area contributed by atoms with Crippen LogP contribution in [-0.4, -0.2) is 46.9 Å². The molecule has 4 rings (SSSR count). The van der Waals surface area contributed by atoms with Gasteiger partial charge >= 0.3 is 12.1 Å². The molecule has 1 saturated heterocycles. The summed E-state index contributed by atoms with van der Waals surface area (Å²) < 4.78 is 44.1. The van der Waals surface area contributed by atoms with Gasteiger partial charge in [-0.1, -0.05) is 30.3 Å². The molecular formula is C28H25F3N2O5. The number of benzene rings is 3. The molecule has 7 nitrogen and oxygen atoms in total. The maximum atomic E-state index is 12.8. The normalized spacial score (nSPS) is 17.2. The number of para-hydroxylation sites is 1. The van der Waals surface area contributed by atoms with Crippen molar-refractivity contribution in [2.45, 2.75) is 25.1 Å². The lowest BCUT2D eigenvalue weighted by molar-refractivity contribution is -0.147. The van der Waals surface area contributed by atoms with Crippen molar-refractivity contribution in [2.75, 3.05) is 13.1 Å². The molecule has 0 unspecified atom stereocenters. The average molecular weight is 527 g/mol. The first-order chi connectivity index (χ1) is 18.1. The molecule has 1 aliphatic rings. The number of nitrogens with one attached hydrogen (secondary N) is 1. The Hall–Kier alpha value is -4.34. The van der Waals surface area contributed by atoms with Crippen molar-refractivity contribution < 1.29 is 37.4 Å². The van der Waals surface area contributed by atoms with Crippen LogP contribution in [0.1, 0.15) is 27.9 Å². The molecule has 0 bridgehead atoms. The van der Waals surface area contributed by atoms with Gasteiger partial charge in [-0.2, -0.15) is 13.2 Å². The number of rotatable bonds is 8. The highest BCUT2D eigenvalue weighted by Gasteiger charge is 2.39. The molecule has 1 aliphatic heterocycles. The zero-order chi connectivity index (χ0) is 27.3. The molecule has 0 aliphatic carbocycles. The van der Waals surface area contributed by atoms with E-state index in [1.165, 1.54) is 17.0 Å². The number of carboxylic acids is 1. The molecular weight excluding hydrogens is 501 g/mol. The fourth-order valence-corrected chi connectivity index (χ4v) is 4.40. The summed E-state index contributed by atoms with van der Waals surface area (Å²) in [5.41, 5.74) is 0.158. The molecule has 0 saturated carbocycles. The van der Waals surface area contributed by atoms with E-state index < -0.39 is 42.1 Å². The number of alkyl halides is 3. The fraction of sp³-hybridized carbons (Fsp3) is 0.250. The highest BCUT2D eigenvalue weighted by atomic mass is 19.4. The highest BCUT2D eigenvalue weighted by molar-refractivity contribution is 5.97. The van der Waals surface area contributed by atoms with Crippen LogP contribution in [0.2, 0.25) is 0 Å². The third-order valence-electron chi connectivity index (χ3n) is 6.29. The van der Waals surface area contributed by atoms with Crippen LogP contribution in [0.5, 0.6) is 11.5 Å². The first kappa shape index (κ1) is 26.7. The second-order valence-corrected chi connectivity index (χ2v) is 9.02. The molecule has 2 atom stereocenters. The number of hydrogen-bond acceptors (Lipinski definition) is 4. The quantitative estimate of drug-likeness (QED) is 0.441. The van der Waals surface area contributed by atoms with Gasteiger partial charge in [0.15, 0.2) is 0 Å². The third-order valence-corrected chi connectivity index (χ3v) is 6.29. The van der Waals surface area contributed by atoms with Crippen LogP contribution in [0.25, 0.3) is 0 Å². The van der Waals surface area contributed by atoms with Crippen LogP contribution in [0.15, 0.2) is 78.9 Å². The molecule has 2 amide bonds. The van der Waals surface area contributed by atoms with Crippen LogP contribution in [-0.2, 0) is 22.2 Å². The predicted molar refractivity (Wildman–Crippen MR) is 132 cm³/mol. The SMILES string of the molecule is O=C(NCC(=O)N1C[C@H](Cc2ccc(C(F)(F)F)cc2)C[C@H]1C(=O)O)c1ccc(Oc2ccccc2)cc1. The molecule has 1 heterocycles. The van der Waals surface area contributed by atoms with Crippen molar-refractivity contribution in [1.29, 1.82) is 0 Å². The standard InChI is InChI=1S/C28H25F3N2O5/c29-28(30,31)21-10-6-18(7-11-21)14-19-15-24(27(36)37)33(17-19)25(34)16-32-26(35)20-8-12-23(13-9-20)38-22-4-2-1-3-5-22/h1-13,19,24H,14-17H2,(H,32,35)(H,36,37)/t19-,24+/m1/s1. The summed E-state index contributed by atoms with van der Waals surface area (Å²) in [7, 11) is 0. The lowest BCUT2D eigenvalue weighted by Crippen LogP contribution is -2.45. The maximum Gasteiger partial charge on any atom is 0.416 e. The Balaban J connectivity index is 1.32. The molecule has 198 valence electrons. The van der Waals surface area contributed by atoms with E-state index in [-0.39, 0.29) is 18.9 Å². The number of carbonyl (C=O) groups is 3. The van der Waals surface area contributed by atoms with Crippen molar-refractivity contribution in [2.24, 2.45) is 5.92 Å². The van der Waals surface area contributed by atoms with Crippen LogP contribution in [0.4, 0.5) is 13.2 Å². The van der Waals surface area contributed by atoms with Gasteiger partial charge in [0, 0.05) is 12.1 Å². The van der Waals surface area contributed by atoms with E-state index in [2.05, 4.69) is 5.32 Å². The summed E-state index contributed by atoms with van der Waals surface area (Å²) in [4.78, 5) is 38.3. The van der Waals surface area contributed by atoms with E-state index in [4.69, 9.17) is 4.74 Å². The number of halogens is 3. The second kappa shape index (κ2) is 11.4. The van der Waals surface area contributed by atoms with Crippen molar-refractivity contribution in [3.8, 4) is 11.5 Å². The number of hydrogen-bond donors (Lipinski definition) is 2. The number of aliphatic carboxylic acids is 1. The third kappa shape index (κ3) is 6.70. The molecule has 0 aromatic heterocycles. The fourth-order valence-electron chi connectivity index (χ4n) is 4.40. The Morgan fingerprint density at radius 3 is 2.16 bits per heavy atom. The van der Waals surface area contributed by atoms with Crippen molar-refractivity contribution in [3.63, 3.8) is 0 Å². The molecule has 0 spiro atoms. The summed E-state index contributed by atoms with van der Waals surface area (Å²) in [5.74, 6) is -1.30. The van der Waals surface area contributed by atoms with Crippen LogP contribution in [0.3, 0.4) is 0 Å². The second-order valence-electron chi connectivity index (χ2n) is 9.02. The van der Waals surface area contributed by atoms with Gasteiger partial charge in [0.1, 0.15) is 17.5 Å². The number of amides is 2. The predicted octanol–water partition coefficient (Wildman–Crippen LogP) is 4.77. The van der Waals surface area contributed by atoms with Gasteiger partial charge in [0.05, 0.1) is 12.1 Å². The van der Waals surface area contributed by atoms with Crippen LogP contribution < -0.4 is 10.1 Å². The number of nitrogens with zero attached hydrogens (tertiary/aromatic N) is 1. The van der Waals surface area contributed by atoms with E-state index in [9.17, 15) is 32.7 Å². The van der Waals surface area contributed by atoms with Gasteiger partial charge < -0.3 is 20.1 Å². The summed E-state index contributed by atoms with van der Waals surface area (Å²) in [5, 5.41) is 12.1. The van der Waals surface area contributed by atoms with E-state index >= 15 is 0 Å². The summed E-state index contributed by atoms with van der Waals surface area (Å²) in [6.45, 7) is -0.268. The lowest BCUT2D eigenvalue weighted by atomic mass is 9.96. The zero-order valence-corrected chi connectivity index (χ0v) is 20.1. The van der Waals surface area contributed by atoms with E-state index in [1.54, 1.807) is 36.4 Å². The van der Waals surface area contributed by atoms with Gasteiger partial charge in [0.25, 0.3) is 5.91 Å². The minimum Gasteiger partial charge on any atom is -0.480 e. The van der Waals surface area contributed by atoms with Crippen molar-refractivity contribution in [3.05, 3.63) is 95.6 Å². The topological polar surface area (TPSA) is 95.9 Å². The maximum absolute atomic E-state index is 12.8. The molecule has 10 heteroatoms. The molecule has 3 aromatic rings. The number of carbonyl (C=O) groups excluding carboxylic acids is 2. The largest absolute Gasteiger partial charge is 0.480 e. The smallest absolute Gasteiger partial charge is 0.416 e. The Morgan fingerprint density at radius 1 is 0.921 bits per heavy atom. The minimum absolute atomic E-state index is 0.123. The van der Waals surface area contributed by atoms with Crippen molar-refractivity contribution in [1.82, 2.24) is 10.2 Å². The van der Waals surface area contributed by atoms with Gasteiger partial charge in [-0.25, -0.2) is 4.79 Å². The first-order valence-electron chi connectivity index (χ1n) is 11.9. The van der Waals surface area contributed by atoms with Gasteiger partial charge in [-0.05, 0) is 72.9 Å². The summed E-state index contributed by atoms with van der Waals surface area (Å²) >= 11 is 0. The molecule has 38 heavy (non-hydrogen) atoms. The Morgan fingerprint density at radius 2 is 1.55 bits per heavy atom. The van der Waals surface area contributed by atoms with E-state index in [0.717, 1.165) is 12.1 Å². The van der Waals surface area contributed by atoms with Crippen molar-refractivity contribution >= 4 is 17.8 Å². The van der Waals surface area contributed by atoms with E-state index in [0.29, 0.717) is 29.0 Å². The first-order valence-corrected chi connectivity index (χ1v) is 11.9. The summed E-state index contributed by atoms with van der Waals surface area (Å²) in [6.07, 6.45) is -3.94. The Bertz CT molecular complexity index is 1280. The van der Waals surface area contributed by atoms with Gasteiger partial charge in [0.2, 0.25) is 5.91 Å². The Labute approximate surface area is 216 Å².